The van der Waals surface area contributed by atoms with Crippen LogP contribution >= 0.6 is 22.7 Å². The Morgan fingerprint density at radius 3 is 2.65 bits per heavy atom. The molecule has 3 N–H and O–H groups in total. The van der Waals surface area contributed by atoms with Gasteiger partial charge in [-0.3, -0.25) is 10.1 Å². The van der Waals surface area contributed by atoms with E-state index in [4.69, 9.17) is 5.73 Å². The van der Waals surface area contributed by atoms with Crippen LogP contribution in [0, 0.1) is 13.8 Å². The highest BCUT2D eigenvalue weighted by atomic mass is 32.1. The zero-order chi connectivity index (χ0) is 14.3. The zero-order valence-electron chi connectivity index (χ0n) is 11.1. The van der Waals surface area contributed by atoms with Gasteiger partial charge >= 0.3 is 0 Å². The van der Waals surface area contributed by atoms with Crippen molar-refractivity contribution in [3.63, 3.8) is 0 Å². The molecule has 3 rings (SSSR count). The fourth-order valence-corrected chi connectivity index (χ4v) is 3.74. The number of aryl methyl sites for hydroxylation is 2. The van der Waals surface area contributed by atoms with Crippen molar-refractivity contribution in [2.24, 2.45) is 0 Å². The Morgan fingerprint density at radius 1 is 1.25 bits per heavy atom. The number of aromatic nitrogens is 1. The number of carbonyl (C=O) groups excluding carboxylic acids is 1. The highest BCUT2D eigenvalue weighted by Gasteiger charge is 2.17. The quantitative estimate of drug-likeness (QED) is 0.756. The van der Waals surface area contributed by atoms with Crippen LogP contribution in [0.1, 0.15) is 20.2 Å². The lowest BCUT2D eigenvalue weighted by atomic mass is 10.2. The van der Waals surface area contributed by atoms with Crippen LogP contribution in [-0.2, 0) is 0 Å². The lowest BCUT2D eigenvalue weighted by Gasteiger charge is -1.99. The first-order chi connectivity index (χ1) is 9.56. The number of nitrogens with one attached hydrogen (secondary N) is 1. The van der Waals surface area contributed by atoms with Crippen molar-refractivity contribution < 1.29 is 4.79 Å². The summed E-state index contributed by atoms with van der Waals surface area (Å²) < 4.78 is 1.02. The maximum atomic E-state index is 12.3. The summed E-state index contributed by atoms with van der Waals surface area (Å²) >= 11 is 2.87. The summed E-state index contributed by atoms with van der Waals surface area (Å²) in [5.41, 5.74) is 7.54. The van der Waals surface area contributed by atoms with Crippen molar-refractivity contribution in [3.8, 4) is 0 Å². The molecular weight excluding hydrogens is 290 g/mol. The number of nitrogen functional groups attached to an aromatic ring is 1. The van der Waals surface area contributed by atoms with Gasteiger partial charge in [-0.2, -0.15) is 0 Å². The van der Waals surface area contributed by atoms with Crippen LogP contribution in [0.4, 0.5) is 10.8 Å². The van der Waals surface area contributed by atoms with E-state index in [-0.39, 0.29) is 5.91 Å². The molecule has 3 aromatic rings. The topological polar surface area (TPSA) is 68.0 Å². The molecule has 0 unspecified atom stereocenters. The second-order valence-corrected chi connectivity index (χ2v) is 6.71. The fraction of sp³-hybridized carbons (Fsp3) is 0.143. The minimum atomic E-state index is -0.197. The van der Waals surface area contributed by atoms with Crippen molar-refractivity contribution >= 4 is 49.5 Å². The van der Waals surface area contributed by atoms with Crippen LogP contribution in [0.3, 0.4) is 0 Å². The molecular formula is C14H13N3OS2. The SMILES string of the molecule is Cc1nc(NC(=O)c2sc3ccccc3c2N)sc1C. The number of benzene rings is 1. The molecule has 0 radical (unpaired) electrons. The number of hydrogen-bond acceptors (Lipinski definition) is 5. The number of nitrogens with two attached hydrogens (primary N) is 1. The van der Waals surface area contributed by atoms with Crippen molar-refractivity contribution in [3.05, 3.63) is 39.7 Å². The van der Waals surface area contributed by atoms with Gasteiger partial charge in [-0.15, -0.1) is 22.7 Å². The van der Waals surface area contributed by atoms with Gasteiger partial charge in [0.2, 0.25) is 0 Å². The molecule has 0 aliphatic heterocycles. The fourth-order valence-electron chi connectivity index (χ4n) is 1.91. The average molecular weight is 303 g/mol. The summed E-state index contributed by atoms with van der Waals surface area (Å²) in [6.07, 6.45) is 0. The van der Waals surface area contributed by atoms with Crippen LogP contribution in [-0.4, -0.2) is 10.9 Å². The van der Waals surface area contributed by atoms with E-state index in [1.165, 1.54) is 22.7 Å². The largest absolute Gasteiger partial charge is 0.397 e. The van der Waals surface area contributed by atoms with Gasteiger partial charge in [0.05, 0.1) is 11.4 Å². The molecule has 0 saturated carbocycles. The summed E-state index contributed by atoms with van der Waals surface area (Å²) in [5.74, 6) is -0.197. The number of rotatable bonds is 2. The Hall–Kier alpha value is -1.92. The van der Waals surface area contributed by atoms with E-state index in [2.05, 4.69) is 10.3 Å². The molecule has 0 bridgehead atoms. The molecule has 0 spiro atoms. The molecule has 1 aromatic carbocycles. The molecule has 6 heteroatoms. The third-order valence-electron chi connectivity index (χ3n) is 3.09. The summed E-state index contributed by atoms with van der Waals surface area (Å²) in [5, 5.41) is 4.36. The second kappa shape index (κ2) is 4.88. The van der Waals surface area contributed by atoms with Crippen molar-refractivity contribution in [1.29, 1.82) is 0 Å². The summed E-state index contributed by atoms with van der Waals surface area (Å²) in [7, 11) is 0. The lowest BCUT2D eigenvalue weighted by molar-refractivity contribution is 0.103. The molecule has 2 aromatic heterocycles. The first kappa shape index (κ1) is 13.1. The van der Waals surface area contributed by atoms with Gasteiger partial charge < -0.3 is 5.73 Å². The van der Waals surface area contributed by atoms with Gasteiger partial charge in [0.1, 0.15) is 4.88 Å². The molecule has 0 saturated heterocycles. The van der Waals surface area contributed by atoms with E-state index in [1.54, 1.807) is 0 Å². The molecule has 102 valence electrons. The highest BCUT2D eigenvalue weighted by Crippen LogP contribution is 2.34. The molecule has 0 atom stereocenters. The van der Waals surface area contributed by atoms with Crippen LogP contribution in [0.15, 0.2) is 24.3 Å². The van der Waals surface area contributed by atoms with Crippen molar-refractivity contribution in [1.82, 2.24) is 4.98 Å². The third kappa shape index (κ3) is 2.17. The predicted octanol–water partition coefficient (Wildman–Crippen LogP) is 3.81. The number of fused-ring (bicyclic) bond motifs is 1. The van der Waals surface area contributed by atoms with Gasteiger partial charge in [0, 0.05) is 15.0 Å². The smallest absolute Gasteiger partial charge is 0.269 e. The molecule has 0 aliphatic carbocycles. The van der Waals surface area contributed by atoms with Gasteiger partial charge in [-0.05, 0) is 19.9 Å². The Kier molecular flexibility index (Phi) is 3.19. The number of nitrogens with zero attached hydrogens (tertiary/aromatic N) is 1. The van der Waals surface area contributed by atoms with Crippen LogP contribution < -0.4 is 11.1 Å². The van der Waals surface area contributed by atoms with Crippen LogP contribution in [0.5, 0.6) is 0 Å². The van der Waals surface area contributed by atoms with Crippen molar-refractivity contribution in [2.45, 2.75) is 13.8 Å². The van der Waals surface area contributed by atoms with Gasteiger partial charge in [0.15, 0.2) is 5.13 Å². The molecule has 4 nitrogen and oxygen atoms in total. The van der Waals surface area contributed by atoms with Gasteiger partial charge in [-0.1, -0.05) is 18.2 Å². The maximum Gasteiger partial charge on any atom is 0.269 e. The standard InChI is InChI=1S/C14H13N3OS2/c1-7-8(2)19-14(16-7)17-13(18)12-11(15)9-5-3-4-6-10(9)20-12/h3-6H,15H2,1-2H3,(H,16,17,18). The van der Waals surface area contributed by atoms with E-state index in [0.29, 0.717) is 15.7 Å². The predicted molar refractivity (Wildman–Crippen MR) is 85.8 cm³/mol. The number of carbonyl (C=O) groups is 1. The third-order valence-corrected chi connectivity index (χ3v) is 5.26. The van der Waals surface area contributed by atoms with Crippen LogP contribution in [0.2, 0.25) is 0 Å². The van der Waals surface area contributed by atoms with Crippen LogP contribution in [0.25, 0.3) is 10.1 Å². The molecule has 1 amide bonds. The van der Waals surface area contributed by atoms with Gasteiger partial charge in [-0.25, -0.2) is 4.98 Å². The Bertz CT molecular complexity index is 784. The summed E-state index contributed by atoms with van der Waals surface area (Å²) in [6, 6.07) is 7.74. The minimum absolute atomic E-state index is 0.197. The summed E-state index contributed by atoms with van der Waals surface area (Å²) in [6.45, 7) is 3.91. The van der Waals surface area contributed by atoms with E-state index >= 15 is 0 Å². The Labute approximate surface area is 124 Å². The Balaban J connectivity index is 1.94. The first-order valence-electron chi connectivity index (χ1n) is 6.08. The van der Waals surface area contributed by atoms with Crippen molar-refractivity contribution in [2.75, 3.05) is 11.1 Å². The number of anilines is 2. The monoisotopic (exact) mass is 303 g/mol. The Morgan fingerprint density at radius 2 is 2.00 bits per heavy atom. The zero-order valence-corrected chi connectivity index (χ0v) is 12.7. The minimum Gasteiger partial charge on any atom is -0.397 e. The molecule has 20 heavy (non-hydrogen) atoms. The average Bonchev–Trinajstić information content (AvgIpc) is 2.91. The number of thiophene rings is 1. The maximum absolute atomic E-state index is 12.3. The van der Waals surface area contributed by atoms with E-state index < -0.39 is 0 Å². The normalized spacial score (nSPS) is 10.9. The van der Waals surface area contributed by atoms with E-state index in [1.807, 2.05) is 38.1 Å². The van der Waals surface area contributed by atoms with Gasteiger partial charge in [0.25, 0.3) is 5.91 Å². The van der Waals surface area contributed by atoms with E-state index in [0.717, 1.165) is 20.7 Å². The highest BCUT2D eigenvalue weighted by molar-refractivity contribution is 7.22. The first-order valence-corrected chi connectivity index (χ1v) is 7.72. The van der Waals surface area contributed by atoms with E-state index in [9.17, 15) is 4.79 Å². The molecule has 0 fully saturated rings. The molecule has 2 heterocycles. The number of thiazole rings is 1. The lowest BCUT2D eigenvalue weighted by Crippen LogP contribution is -2.11. The number of amides is 1. The molecule has 0 aliphatic rings. The second-order valence-electron chi connectivity index (χ2n) is 4.46. The number of hydrogen-bond donors (Lipinski definition) is 2. The summed E-state index contributed by atoms with van der Waals surface area (Å²) in [4.78, 5) is 18.3.